The van der Waals surface area contributed by atoms with Crippen molar-refractivity contribution in [1.82, 2.24) is 4.98 Å². The van der Waals surface area contributed by atoms with Crippen LogP contribution in [0.15, 0.2) is 52.7 Å². The molecule has 0 atom stereocenters. The molecule has 1 heterocycles. The average Bonchev–Trinajstić information content (AvgIpc) is 3.14. The number of hydrogen-bond donors (Lipinski definition) is 1. The molecule has 1 amide bonds. The number of sulfone groups is 1. The lowest BCUT2D eigenvalue weighted by molar-refractivity contribution is -0.115. The maximum absolute atomic E-state index is 12.3. The third-order valence-corrected chi connectivity index (χ3v) is 6.60. The predicted octanol–water partition coefficient (Wildman–Crippen LogP) is 4.05. The van der Waals surface area contributed by atoms with Gasteiger partial charge in [0.2, 0.25) is 5.91 Å². The lowest BCUT2D eigenvalue weighted by Gasteiger charge is -2.07. The number of aromatic nitrogens is 1. The SMILES string of the molecule is Cc1ccccc1NC(=O)Cc1nc(COC(=O)c2cc(S(C)(=O)=O)ccc2Cl)cs1. The molecular weight excluding hydrogens is 460 g/mol. The number of thiazole rings is 1. The molecule has 31 heavy (non-hydrogen) atoms. The average molecular weight is 479 g/mol. The van der Waals surface area contributed by atoms with E-state index >= 15 is 0 Å². The number of carbonyl (C=O) groups excluding carboxylic acids is 2. The summed E-state index contributed by atoms with van der Waals surface area (Å²) < 4.78 is 28.6. The summed E-state index contributed by atoms with van der Waals surface area (Å²) in [6.07, 6.45) is 1.13. The van der Waals surface area contributed by atoms with Crippen molar-refractivity contribution in [2.24, 2.45) is 0 Å². The number of esters is 1. The smallest absolute Gasteiger partial charge is 0.340 e. The van der Waals surface area contributed by atoms with Crippen LogP contribution in [0.2, 0.25) is 5.02 Å². The maximum atomic E-state index is 12.3. The van der Waals surface area contributed by atoms with Crippen LogP contribution >= 0.6 is 22.9 Å². The number of nitrogens with zero attached hydrogens (tertiary/aromatic N) is 1. The molecule has 1 N–H and O–H groups in total. The molecule has 0 bridgehead atoms. The molecule has 0 aliphatic heterocycles. The lowest BCUT2D eigenvalue weighted by Crippen LogP contribution is -2.15. The molecule has 3 aromatic rings. The number of ether oxygens (including phenoxy) is 1. The number of para-hydroxylation sites is 1. The molecular formula is C21H19ClN2O5S2. The third-order valence-electron chi connectivity index (χ3n) is 4.27. The third kappa shape index (κ3) is 6.13. The van der Waals surface area contributed by atoms with Crippen molar-refractivity contribution in [1.29, 1.82) is 0 Å². The first-order valence-corrected chi connectivity index (χ1v) is 12.2. The topological polar surface area (TPSA) is 102 Å². The van der Waals surface area contributed by atoms with E-state index < -0.39 is 15.8 Å². The van der Waals surface area contributed by atoms with Crippen LogP contribution in [0, 0.1) is 6.92 Å². The van der Waals surface area contributed by atoms with Gasteiger partial charge in [-0.25, -0.2) is 18.2 Å². The van der Waals surface area contributed by atoms with E-state index in [-0.39, 0.29) is 34.4 Å². The Morgan fingerprint density at radius 1 is 1.19 bits per heavy atom. The second-order valence-corrected chi connectivity index (χ2v) is 10.1. The Balaban J connectivity index is 1.60. The Bertz CT molecular complexity index is 1240. The summed E-state index contributed by atoms with van der Waals surface area (Å²) in [5.41, 5.74) is 2.14. The Hall–Kier alpha value is -2.75. The largest absolute Gasteiger partial charge is 0.456 e. The van der Waals surface area contributed by atoms with E-state index in [1.807, 2.05) is 31.2 Å². The van der Waals surface area contributed by atoms with Crippen LogP contribution < -0.4 is 5.32 Å². The van der Waals surface area contributed by atoms with Gasteiger partial charge in [-0.1, -0.05) is 29.8 Å². The normalized spacial score (nSPS) is 11.2. The minimum atomic E-state index is -3.49. The summed E-state index contributed by atoms with van der Waals surface area (Å²) in [5, 5.41) is 5.20. The highest BCUT2D eigenvalue weighted by Gasteiger charge is 2.17. The minimum absolute atomic E-state index is 0.0283. The van der Waals surface area contributed by atoms with Crippen molar-refractivity contribution in [3.63, 3.8) is 0 Å². The fraction of sp³-hybridized carbons (Fsp3) is 0.190. The van der Waals surface area contributed by atoms with Gasteiger partial charge < -0.3 is 10.1 Å². The number of aryl methyl sites for hydroxylation is 1. The van der Waals surface area contributed by atoms with Crippen LogP contribution in [0.3, 0.4) is 0 Å². The Kier molecular flexibility index (Phi) is 7.09. The van der Waals surface area contributed by atoms with Crippen molar-refractivity contribution >= 4 is 50.3 Å². The van der Waals surface area contributed by atoms with Crippen LogP contribution in [0.1, 0.15) is 26.6 Å². The molecule has 0 aliphatic rings. The van der Waals surface area contributed by atoms with E-state index in [4.69, 9.17) is 16.3 Å². The van der Waals surface area contributed by atoms with Gasteiger partial charge in [-0.15, -0.1) is 11.3 Å². The lowest BCUT2D eigenvalue weighted by atomic mass is 10.2. The van der Waals surface area contributed by atoms with Crippen molar-refractivity contribution in [3.05, 3.63) is 74.7 Å². The highest BCUT2D eigenvalue weighted by Crippen LogP contribution is 2.22. The monoisotopic (exact) mass is 478 g/mol. The van der Waals surface area contributed by atoms with Crippen LogP contribution in [0.5, 0.6) is 0 Å². The molecule has 3 rings (SSSR count). The fourth-order valence-corrected chi connectivity index (χ4v) is 4.27. The molecule has 1 aromatic heterocycles. The second kappa shape index (κ2) is 9.59. The highest BCUT2D eigenvalue weighted by atomic mass is 35.5. The predicted molar refractivity (Wildman–Crippen MR) is 119 cm³/mol. The van der Waals surface area contributed by atoms with Crippen molar-refractivity contribution in [2.75, 3.05) is 11.6 Å². The zero-order valence-electron chi connectivity index (χ0n) is 16.7. The summed E-state index contributed by atoms with van der Waals surface area (Å²) in [5.74, 6) is -0.959. The van der Waals surface area contributed by atoms with E-state index in [0.29, 0.717) is 10.7 Å². The van der Waals surface area contributed by atoms with E-state index in [0.717, 1.165) is 17.5 Å². The van der Waals surface area contributed by atoms with E-state index in [9.17, 15) is 18.0 Å². The molecule has 162 valence electrons. The fourth-order valence-electron chi connectivity index (χ4n) is 2.65. The molecule has 0 unspecified atom stereocenters. The number of benzene rings is 2. The first-order valence-electron chi connectivity index (χ1n) is 9.09. The quantitative estimate of drug-likeness (QED) is 0.514. The van der Waals surface area contributed by atoms with E-state index in [2.05, 4.69) is 10.3 Å². The van der Waals surface area contributed by atoms with Crippen LogP contribution in [-0.4, -0.2) is 31.5 Å². The molecule has 0 saturated carbocycles. The minimum Gasteiger partial charge on any atom is -0.456 e. The number of carbonyl (C=O) groups is 2. The Morgan fingerprint density at radius 3 is 2.65 bits per heavy atom. The van der Waals surface area contributed by atoms with Crippen molar-refractivity contribution < 1.29 is 22.7 Å². The molecule has 7 nitrogen and oxygen atoms in total. The van der Waals surface area contributed by atoms with Gasteiger partial charge in [0, 0.05) is 17.3 Å². The van der Waals surface area contributed by atoms with Crippen molar-refractivity contribution in [2.45, 2.75) is 24.8 Å². The number of hydrogen-bond acceptors (Lipinski definition) is 7. The van der Waals surface area contributed by atoms with Gasteiger partial charge >= 0.3 is 5.97 Å². The molecule has 0 aliphatic carbocycles. The van der Waals surface area contributed by atoms with E-state index in [1.54, 1.807) is 5.38 Å². The number of halogens is 1. The number of nitrogens with one attached hydrogen (secondary N) is 1. The first-order chi connectivity index (χ1) is 14.6. The van der Waals surface area contributed by atoms with Gasteiger partial charge in [0.15, 0.2) is 9.84 Å². The molecule has 10 heteroatoms. The summed E-state index contributed by atoms with van der Waals surface area (Å²) >= 11 is 7.29. The summed E-state index contributed by atoms with van der Waals surface area (Å²) in [6, 6.07) is 11.3. The number of anilines is 1. The maximum Gasteiger partial charge on any atom is 0.340 e. The first kappa shape index (κ1) is 22.9. The Labute approximate surface area is 189 Å². The van der Waals surface area contributed by atoms with Gasteiger partial charge in [0.05, 0.1) is 27.6 Å². The van der Waals surface area contributed by atoms with Crippen LogP contribution in [-0.2, 0) is 32.4 Å². The standard InChI is InChI=1S/C21H19ClN2O5S2/c1-13-5-3-4-6-18(13)24-19(25)10-20-23-14(12-30-20)11-29-21(26)16-9-15(31(2,27)28)7-8-17(16)22/h3-9,12H,10-11H2,1-2H3,(H,24,25). The van der Waals surface area contributed by atoms with Gasteiger partial charge in [-0.2, -0.15) is 0 Å². The zero-order valence-corrected chi connectivity index (χ0v) is 19.1. The molecule has 0 fully saturated rings. The summed E-state index contributed by atoms with van der Waals surface area (Å²) in [4.78, 5) is 28.9. The van der Waals surface area contributed by atoms with Gasteiger partial charge in [-0.05, 0) is 36.8 Å². The number of amides is 1. The second-order valence-electron chi connectivity index (χ2n) is 6.76. The van der Waals surface area contributed by atoms with Crippen molar-refractivity contribution in [3.8, 4) is 0 Å². The molecule has 2 aromatic carbocycles. The number of rotatable bonds is 7. The van der Waals surface area contributed by atoms with Crippen LogP contribution in [0.25, 0.3) is 0 Å². The highest BCUT2D eigenvalue weighted by molar-refractivity contribution is 7.90. The van der Waals surface area contributed by atoms with Gasteiger partial charge in [0.25, 0.3) is 0 Å². The molecule has 0 saturated heterocycles. The summed E-state index contributed by atoms with van der Waals surface area (Å²) in [6.45, 7) is 1.78. The summed E-state index contributed by atoms with van der Waals surface area (Å²) in [7, 11) is -3.49. The zero-order chi connectivity index (χ0) is 22.6. The molecule has 0 spiro atoms. The van der Waals surface area contributed by atoms with E-state index in [1.165, 1.54) is 29.5 Å². The van der Waals surface area contributed by atoms with Gasteiger partial charge in [-0.3, -0.25) is 4.79 Å². The van der Waals surface area contributed by atoms with Gasteiger partial charge in [0.1, 0.15) is 11.6 Å². The Morgan fingerprint density at radius 2 is 1.94 bits per heavy atom. The molecule has 0 radical (unpaired) electrons. The van der Waals surface area contributed by atoms with Crippen LogP contribution in [0.4, 0.5) is 5.69 Å².